The number of hydrogen-bond donors (Lipinski definition) is 0. The molecule has 6 heteroatoms. The second-order valence-corrected chi connectivity index (χ2v) is 7.02. The Kier molecular flexibility index (Phi) is 11.0. The molecule has 0 amide bonds. The highest BCUT2D eigenvalue weighted by Gasteiger charge is 2.32. The smallest absolute Gasteiger partial charge is 0.324 e. The van der Waals surface area contributed by atoms with E-state index in [9.17, 15) is 5.53 Å². The third-order valence-electron chi connectivity index (χ3n) is 4.61. The molecular formula is C23H33N3O3. The molecule has 0 aliphatic heterocycles. The van der Waals surface area contributed by atoms with Crippen LogP contribution in [0.3, 0.4) is 0 Å². The Morgan fingerprint density at radius 2 is 1.83 bits per heavy atom. The Hall–Kier alpha value is -2.27. The van der Waals surface area contributed by atoms with Gasteiger partial charge in [-0.15, -0.1) is 0 Å². The second-order valence-electron chi connectivity index (χ2n) is 7.02. The van der Waals surface area contributed by atoms with E-state index < -0.39 is 0 Å². The van der Waals surface area contributed by atoms with Gasteiger partial charge < -0.3 is 19.7 Å². The van der Waals surface area contributed by atoms with Gasteiger partial charge in [-0.05, 0) is 18.4 Å². The molecule has 1 aliphatic carbocycles. The van der Waals surface area contributed by atoms with Crippen molar-refractivity contribution in [3.05, 3.63) is 53.3 Å². The third-order valence-corrected chi connectivity index (χ3v) is 4.61. The van der Waals surface area contributed by atoms with Crippen molar-refractivity contribution in [3.8, 4) is 0 Å². The summed E-state index contributed by atoms with van der Waals surface area (Å²) in [7, 11) is 0. The minimum Gasteiger partial charge on any atom is -0.491 e. The molecule has 158 valence electrons. The molecule has 1 unspecified atom stereocenters. The standard InChI is InChI=1S/C23H33N3O3/c1-3-5-13-28-22-17-21(26-24)23(29-14-6-4-2)16-20(22)25-12-15-27-18-19-10-8-7-9-11-19/h7-11,17,23H,3-6,12-16,18H2,1-2H3. The van der Waals surface area contributed by atoms with E-state index in [0.717, 1.165) is 37.0 Å². The van der Waals surface area contributed by atoms with Crippen molar-refractivity contribution in [2.24, 2.45) is 4.99 Å². The summed E-state index contributed by atoms with van der Waals surface area (Å²) < 4.78 is 17.6. The molecule has 6 nitrogen and oxygen atoms in total. The van der Waals surface area contributed by atoms with Gasteiger partial charge in [-0.25, -0.2) is 0 Å². The van der Waals surface area contributed by atoms with Gasteiger partial charge in [0.25, 0.3) is 0 Å². The van der Waals surface area contributed by atoms with Crippen LogP contribution in [-0.2, 0) is 20.8 Å². The van der Waals surface area contributed by atoms with E-state index in [1.54, 1.807) is 6.08 Å². The third kappa shape index (κ3) is 8.32. The van der Waals surface area contributed by atoms with E-state index in [2.05, 4.69) is 18.6 Å². The van der Waals surface area contributed by atoms with E-state index in [-0.39, 0.29) is 6.10 Å². The first-order chi connectivity index (χ1) is 14.3. The van der Waals surface area contributed by atoms with E-state index in [4.69, 9.17) is 19.2 Å². The predicted molar refractivity (Wildman–Crippen MR) is 115 cm³/mol. The van der Waals surface area contributed by atoms with Gasteiger partial charge in [0.2, 0.25) is 0 Å². The van der Waals surface area contributed by atoms with Crippen LogP contribution in [0.4, 0.5) is 0 Å². The fourth-order valence-electron chi connectivity index (χ4n) is 2.90. The lowest BCUT2D eigenvalue weighted by molar-refractivity contribution is -0.0286. The Labute approximate surface area is 174 Å². The summed E-state index contributed by atoms with van der Waals surface area (Å²) in [5, 5.41) is 0. The highest BCUT2D eigenvalue weighted by Crippen LogP contribution is 2.19. The van der Waals surface area contributed by atoms with Crippen molar-refractivity contribution < 1.29 is 19.0 Å². The highest BCUT2D eigenvalue weighted by molar-refractivity contribution is 6.11. The number of allylic oxidation sites excluding steroid dienone is 1. The SMILES string of the molecule is CCCCOC1=CC(=[N+]=[N-])C(OCCCC)CC1=NCCOCc1ccccc1. The number of ether oxygens (including phenoxy) is 3. The monoisotopic (exact) mass is 399 g/mol. The summed E-state index contributed by atoms with van der Waals surface area (Å²) in [5.41, 5.74) is 11.9. The Balaban J connectivity index is 1.97. The van der Waals surface area contributed by atoms with Gasteiger partial charge >= 0.3 is 5.71 Å². The van der Waals surface area contributed by atoms with E-state index >= 15 is 0 Å². The van der Waals surface area contributed by atoms with Crippen LogP contribution in [0.15, 0.2) is 47.2 Å². The zero-order chi connectivity index (χ0) is 20.7. The zero-order valence-electron chi connectivity index (χ0n) is 17.7. The molecule has 0 saturated carbocycles. The van der Waals surface area contributed by atoms with E-state index in [1.807, 2.05) is 30.3 Å². The van der Waals surface area contributed by atoms with Gasteiger partial charge in [-0.1, -0.05) is 57.0 Å². The molecule has 1 aliphatic rings. The number of rotatable bonds is 13. The number of unbranched alkanes of at least 4 members (excludes halogenated alkanes) is 2. The number of hydrogen-bond acceptors (Lipinski definition) is 4. The molecular weight excluding hydrogens is 366 g/mol. The summed E-state index contributed by atoms with van der Waals surface area (Å²) in [6.45, 7) is 7.14. The van der Waals surface area contributed by atoms with E-state index in [0.29, 0.717) is 50.9 Å². The highest BCUT2D eigenvalue weighted by atomic mass is 16.5. The number of benzene rings is 1. The quantitative estimate of drug-likeness (QED) is 0.276. The topological polar surface area (TPSA) is 76.5 Å². The maximum absolute atomic E-state index is 9.40. The average molecular weight is 400 g/mol. The zero-order valence-corrected chi connectivity index (χ0v) is 17.7. The summed E-state index contributed by atoms with van der Waals surface area (Å²) in [4.78, 5) is 8.12. The van der Waals surface area contributed by atoms with Gasteiger partial charge in [0.15, 0.2) is 6.10 Å². The molecule has 0 N–H and O–H groups in total. The average Bonchev–Trinajstić information content (AvgIpc) is 2.75. The number of aliphatic imine (C=N–C) groups is 1. The first kappa shape index (κ1) is 23.0. The van der Waals surface area contributed by atoms with Crippen molar-refractivity contribution in [2.45, 2.75) is 58.7 Å². The van der Waals surface area contributed by atoms with Crippen molar-refractivity contribution >= 4 is 11.4 Å². The molecule has 2 rings (SSSR count). The van der Waals surface area contributed by atoms with Crippen LogP contribution < -0.4 is 0 Å². The molecule has 0 aromatic heterocycles. The van der Waals surface area contributed by atoms with Crippen molar-refractivity contribution in [1.82, 2.24) is 0 Å². The van der Waals surface area contributed by atoms with Crippen molar-refractivity contribution in [3.63, 3.8) is 0 Å². The molecule has 1 aromatic rings. The molecule has 0 saturated heterocycles. The molecule has 29 heavy (non-hydrogen) atoms. The fraction of sp³-hybridized carbons (Fsp3) is 0.565. The van der Waals surface area contributed by atoms with Crippen LogP contribution in [0.5, 0.6) is 0 Å². The lowest BCUT2D eigenvalue weighted by atomic mass is 9.98. The fourth-order valence-corrected chi connectivity index (χ4v) is 2.90. The first-order valence-electron chi connectivity index (χ1n) is 10.6. The minimum absolute atomic E-state index is 0.297. The molecule has 0 heterocycles. The van der Waals surface area contributed by atoms with Gasteiger partial charge in [-0.2, -0.15) is 4.79 Å². The van der Waals surface area contributed by atoms with Crippen LogP contribution in [0.25, 0.3) is 5.53 Å². The van der Waals surface area contributed by atoms with Gasteiger partial charge in [0.1, 0.15) is 5.76 Å². The first-order valence-corrected chi connectivity index (χ1v) is 10.6. The van der Waals surface area contributed by atoms with Crippen LogP contribution in [0.2, 0.25) is 0 Å². The lowest BCUT2D eigenvalue weighted by Crippen LogP contribution is -2.33. The van der Waals surface area contributed by atoms with E-state index in [1.165, 1.54) is 0 Å². The van der Waals surface area contributed by atoms with Crippen LogP contribution in [-0.4, -0.2) is 48.7 Å². The molecule has 1 aromatic carbocycles. The van der Waals surface area contributed by atoms with Crippen LogP contribution in [0.1, 0.15) is 51.5 Å². The Morgan fingerprint density at radius 3 is 2.55 bits per heavy atom. The van der Waals surface area contributed by atoms with Crippen molar-refractivity contribution in [2.75, 3.05) is 26.4 Å². The molecule has 0 radical (unpaired) electrons. The maximum Gasteiger partial charge on any atom is 0.324 e. The minimum atomic E-state index is -0.297. The molecule has 0 fully saturated rings. The maximum atomic E-state index is 9.40. The second kappa shape index (κ2) is 13.8. The number of nitrogens with zero attached hydrogens (tertiary/aromatic N) is 3. The normalized spacial score (nSPS) is 17.9. The Morgan fingerprint density at radius 1 is 1.07 bits per heavy atom. The predicted octanol–water partition coefficient (Wildman–Crippen LogP) is 4.60. The van der Waals surface area contributed by atoms with Gasteiger partial charge in [0, 0.05) is 13.0 Å². The summed E-state index contributed by atoms with van der Waals surface area (Å²) >= 11 is 0. The molecule has 1 atom stereocenters. The van der Waals surface area contributed by atoms with Crippen LogP contribution in [0, 0.1) is 0 Å². The summed E-state index contributed by atoms with van der Waals surface area (Å²) in [6.07, 6.45) is 6.04. The van der Waals surface area contributed by atoms with Crippen molar-refractivity contribution in [1.29, 1.82) is 0 Å². The summed E-state index contributed by atoms with van der Waals surface area (Å²) in [6, 6.07) is 10.1. The summed E-state index contributed by atoms with van der Waals surface area (Å²) in [5.74, 6) is 0.671. The molecule has 0 bridgehead atoms. The van der Waals surface area contributed by atoms with Gasteiger partial charge in [0.05, 0.1) is 38.2 Å². The molecule has 0 spiro atoms. The lowest BCUT2D eigenvalue weighted by Gasteiger charge is -2.21. The Bertz CT molecular complexity index is 709. The largest absolute Gasteiger partial charge is 0.491 e. The van der Waals surface area contributed by atoms with Gasteiger partial charge in [-0.3, -0.25) is 4.99 Å². The van der Waals surface area contributed by atoms with Crippen LogP contribution >= 0.6 is 0 Å².